The molecule has 1 atom stereocenters. The summed E-state index contributed by atoms with van der Waals surface area (Å²) >= 11 is 3.30. The Labute approximate surface area is 128 Å². The van der Waals surface area contributed by atoms with E-state index in [1.54, 1.807) is 23.1 Å². The highest BCUT2D eigenvalue weighted by Gasteiger charge is 2.18. The number of hydrogen-bond donors (Lipinski definition) is 0. The molecule has 0 aliphatic carbocycles. The van der Waals surface area contributed by atoms with Crippen LogP contribution in [0.3, 0.4) is 0 Å². The van der Waals surface area contributed by atoms with Crippen LogP contribution in [0.15, 0.2) is 46.7 Å². The van der Waals surface area contributed by atoms with Crippen LogP contribution in [-0.4, -0.2) is 23.6 Å². The molecule has 0 N–H and O–H groups in total. The maximum Gasteiger partial charge on any atom is 0.233 e. The monoisotopic (exact) mass is 305 g/mol. The first-order valence-electron chi connectivity index (χ1n) is 6.57. The smallest absolute Gasteiger partial charge is 0.233 e. The molecule has 2 rings (SSSR count). The molecule has 1 heterocycles. The minimum Gasteiger partial charge on any atom is -0.337 e. The van der Waals surface area contributed by atoms with Crippen LogP contribution < -0.4 is 0 Å². The Morgan fingerprint density at radius 3 is 2.70 bits per heavy atom. The Balaban J connectivity index is 1.93. The van der Waals surface area contributed by atoms with E-state index >= 15 is 0 Å². The van der Waals surface area contributed by atoms with E-state index in [2.05, 4.69) is 32.0 Å². The van der Waals surface area contributed by atoms with Crippen molar-refractivity contribution in [2.45, 2.75) is 24.8 Å². The average Bonchev–Trinajstić information content (AvgIpc) is 2.98. The Morgan fingerprint density at radius 1 is 1.30 bits per heavy atom. The fraction of sp³-hybridized carbons (Fsp3) is 0.312. The lowest BCUT2D eigenvalue weighted by molar-refractivity contribution is -0.128. The molecule has 0 radical (unpaired) electrons. The van der Waals surface area contributed by atoms with Crippen LogP contribution in [0.25, 0.3) is 0 Å². The van der Waals surface area contributed by atoms with Crippen molar-refractivity contribution in [2.24, 2.45) is 0 Å². The largest absolute Gasteiger partial charge is 0.337 e. The number of hydrogen-bond acceptors (Lipinski definition) is 3. The van der Waals surface area contributed by atoms with Gasteiger partial charge in [0.2, 0.25) is 5.91 Å². The molecule has 1 unspecified atom stereocenters. The van der Waals surface area contributed by atoms with Crippen molar-refractivity contribution in [2.75, 3.05) is 12.8 Å². The number of carbonyl (C=O) groups excluding carboxylic acids is 1. The Hall–Kier alpha value is -1.26. The van der Waals surface area contributed by atoms with Gasteiger partial charge < -0.3 is 4.90 Å². The number of carbonyl (C=O) groups is 1. The molecule has 0 aliphatic heterocycles. The predicted molar refractivity (Wildman–Crippen MR) is 87.4 cm³/mol. The van der Waals surface area contributed by atoms with Gasteiger partial charge in [-0.05, 0) is 36.9 Å². The van der Waals surface area contributed by atoms with Crippen molar-refractivity contribution in [1.29, 1.82) is 0 Å². The first-order chi connectivity index (χ1) is 9.59. The number of thiophene rings is 1. The summed E-state index contributed by atoms with van der Waals surface area (Å²) in [6.45, 7) is 4.15. The third-order valence-electron chi connectivity index (χ3n) is 3.37. The molecule has 2 aromatic rings. The third-order valence-corrected chi connectivity index (χ3v) is 5.58. The lowest BCUT2D eigenvalue weighted by Gasteiger charge is -2.24. The molecule has 106 valence electrons. The lowest BCUT2D eigenvalue weighted by Crippen LogP contribution is -2.30. The fourth-order valence-corrected chi connectivity index (χ4v) is 3.68. The van der Waals surface area contributed by atoms with Crippen LogP contribution in [0.4, 0.5) is 0 Å². The van der Waals surface area contributed by atoms with E-state index in [4.69, 9.17) is 0 Å². The van der Waals surface area contributed by atoms with Gasteiger partial charge in [0.05, 0.1) is 11.8 Å². The summed E-state index contributed by atoms with van der Waals surface area (Å²) in [5, 5.41) is 2.05. The predicted octanol–water partition coefficient (Wildman–Crippen LogP) is 4.37. The molecule has 0 saturated carbocycles. The van der Waals surface area contributed by atoms with Crippen LogP contribution in [-0.2, 0) is 4.79 Å². The van der Waals surface area contributed by atoms with E-state index in [-0.39, 0.29) is 11.9 Å². The molecule has 1 aromatic carbocycles. The van der Waals surface area contributed by atoms with Crippen LogP contribution >= 0.6 is 23.1 Å². The number of rotatable bonds is 5. The molecule has 0 bridgehead atoms. The highest BCUT2D eigenvalue weighted by atomic mass is 32.2. The minimum absolute atomic E-state index is 0.139. The fourth-order valence-electron chi connectivity index (χ4n) is 1.90. The van der Waals surface area contributed by atoms with Crippen LogP contribution in [0.1, 0.15) is 23.4 Å². The highest BCUT2D eigenvalue weighted by molar-refractivity contribution is 8.00. The summed E-state index contributed by atoms with van der Waals surface area (Å²) < 4.78 is 0. The number of aryl methyl sites for hydroxylation is 1. The summed E-state index contributed by atoms with van der Waals surface area (Å²) in [5.74, 6) is 0.649. The van der Waals surface area contributed by atoms with Gasteiger partial charge in [0.25, 0.3) is 0 Å². The molecule has 0 fully saturated rings. The summed E-state index contributed by atoms with van der Waals surface area (Å²) in [5.41, 5.74) is 1.22. The normalized spacial score (nSPS) is 12.2. The molecule has 1 aromatic heterocycles. The zero-order chi connectivity index (χ0) is 14.5. The number of amides is 1. The second-order valence-corrected chi connectivity index (χ2v) is 6.75. The first kappa shape index (κ1) is 15.1. The third kappa shape index (κ3) is 3.64. The molecule has 0 spiro atoms. The van der Waals surface area contributed by atoms with Gasteiger partial charge in [-0.2, -0.15) is 0 Å². The van der Waals surface area contributed by atoms with Gasteiger partial charge in [-0.15, -0.1) is 23.1 Å². The van der Waals surface area contributed by atoms with Gasteiger partial charge in [-0.1, -0.05) is 24.3 Å². The molecule has 20 heavy (non-hydrogen) atoms. The lowest BCUT2D eigenvalue weighted by atomic mass is 10.2. The molecule has 2 nitrogen and oxygen atoms in total. The molecular weight excluding hydrogens is 286 g/mol. The number of thioether (sulfide) groups is 1. The van der Waals surface area contributed by atoms with Gasteiger partial charge in [0.1, 0.15) is 0 Å². The van der Waals surface area contributed by atoms with Crippen LogP contribution in [0.5, 0.6) is 0 Å². The van der Waals surface area contributed by atoms with E-state index in [1.165, 1.54) is 15.3 Å². The van der Waals surface area contributed by atoms with Crippen molar-refractivity contribution in [3.05, 3.63) is 52.2 Å². The highest BCUT2D eigenvalue weighted by Crippen LogP contribution is 2.26. The SMILES string of the molecule is Cc1ccccc1SCC(=O)N(C)C(C)c1cccs1. The molecule has 0 saturated heterocycles. The van der Waals surface area contributed by atoms with Crippen molar-refractivity contribution >= 4 is 29.0 Å². The molecular formula is C16H19NOS2. The quantitative estimate of drug-likeness (QED) is 0.765. The second kappa shape index (κ2) is 6.95. The Morgan fingerprint density at radius 2 is 2.05 bits per heavy atom. The zero-order valence-corrected chi connectivity index (χ0v) is 13.6. The molecule has 0 aliphatic rings. The van der Waals surface area contributed by atoms with Gasteiger partial charge >= 0.3 is 0 Å². The van der Waals surface area contributed by atoms with Gasteiger partial charge in [-0.3, -0.25) is 4.79 Å². The first-order valence-corrected chi connectivity index (χ1v) is 8.43. The molecule has 1 amide bonds. The Kier molecular flexibility index (Phi) is 5.26. The summed E-state index contributed by atoms with van der Waals surface area (Å²) in [6, 6.07) is 12.4. The van der Waals surface area contributed by atoms with Crippen molar-refractivity contribution in [3.63, 3.8) is 0 Å². The van der Waals surface area contributed by atoms with Gasteiger partial charge in [-0.25, -0.2) is 0 Å². The summed E-state index contributed by atoms with van der Waals surface area (Å²) in [6.07, 6.45) is 0. The number of nitrogens with zero attached hydrogens (tertiary/aromatic N) is 1. The topological polar surface area (TPSA) is 20.3 Å². The standard InChI is InChI=1S/C16H19NOS2/c1-12-7-4-5-8-14(12)20-11-16(18)17(3)13(2)15-9-6-10-19-15/h4-10,13H,11H2,1-3H3. The zero-order valence-electron chi connectivity index (χ0n) is 12.0. The van der Waals surface area contributed by atoms with Gasteiger partial charge in [0.15, 0.2) is 0 Å². The summed E-state index contributed by atoms with van der Waals surface area (Å²) in [7, 11) is 1.88. The van der Waals surface area contributed by atoms with E-state index in [9.17, 15) is 4.79 Å². The average molecular weight is 305 g/mol. The minimum atomic E-state index is 0.139. The second-order valence-electron chi connectivity index (χ2n) is 4.75. The summed E-state index contributed by atoms with van der Waals surface area (Å²) in [4.78, 5) is 16.5. The van der Waals surface area contributed by atoms with Crippen molar-refractivity contribution < 1.29 is 4.79 Å². The maximum atomic E-state index is 12.3. The van der Waals surface area contributed by atoms with Crippen LogP contribution in [0.2, 0.25) is 0 Å². The van der Waals surface area contributed by atoms with Crippen molar-refractivity contribution in [3.8, 4) is 0 Å². The van der Waals surface area contributed by atoms with E-state index in [0.29, 0.717) is 5.75 Å². The Bertz CT molecular complexity index is 566. The van der Waals surface area contributed by atoms with E-state index in [0.717, 1.165) is 0 Å². The van der Waals surface area contributed by atoms with E-state index < -0.39 is 0 Å². The number of benzene rings is 1. The molecule has 4 heteroatoms. The van der Waals surface area contributed by atoms with Gasteiger partial charge in [0, 0.05) is 16.8 Å². The van der Waals surface area contributed by atoms with Crippen molar-refractivity contribution in [1.82, 2.24) is 4.90 Å². The van der Waals surface area contributed by atoms with E-state index in [1.807, 2.05) is 35.5 Å². The maximum absolute atomic E-state index is 12.3. The van der Waals surface area contributed by atoms with Crippen LogP contribution in [0, 0.1) is 6.92 Å².